The van der Waals surface area contributed by atoms with Crippen LogP contribution >= 0.6 is 34.5 Å². The maximum absolute atomic E-state index is 6.02. The van der Waals surface area contributed by atoms with E-state index < -0.39 is 0 Å². The number of nitrogens with zero attached hydrogens (tertiary/aromatic N) is 2. The molecule has 0 bridgehead atoms. The molecule has 6 heteroatoms. The molecule has 2 aromatic heterocycles. The van der Waals surface area contributed by atoms with Gasteiger partial charge in [0, 0.05) is 16.8 Å². The molecule has 0 fully saturated rings. The monoisotopic (exact) mass is 325 g/mol. The number of hydrogen-bond acceptors (Lipinski definition) is 3. The lowest BCUT2D eigenvalue weighted by atomic mass is 10.3. The SMILES string of the molecule is Cc1cn2c(CNc3ccc(Cl)c(Cl)c3)c(C)nc2s1. The molecule has 0 unspecified atom stereocenters. The van der Waals surface area contributed by atoms with E-state index in [0.29, 0.717) is 16.6 Å². The lowest BCUT2D eigenvalue weighted by molar-refractivity contribution is 0.991. The van der Waals surface area contributed by atoms with Gasteiger partial charge in [-0.25, -0.2) is 4.98 Å². The second-order valence-electron chi connectivity index (χ2n) is 4.62. The number of aromatic nitrogens is 2. The first-order valence-electron chi connectivity index (χ1n) is 6.17. The summed E-state index contributed by atoms with van der Waals surface area (Å²) in [7, 11) is 0. The van der Waals surface area contributed by atoms with E-state index in [2.05, 4.69) is 27.8 Å². The molecule has 0 spiro atoms. The van der Waals surface area contributed by atoms with E-state index in [4.69, 9.17) is 23.2 Å². The van der Waals surface area contributed by atoms with Gasteiger partial charge in [-0.2, -0.15) is 0 Å². The van der Waals surface area contributed by atoms with Gasteiger partial charge in [-0.1, -0.05) is 23.2 Å². The molecule has 0 atom stereocenters. The zero-order chi connectivity index (χ0) is 14.3. The van der Waals surface area contributed by atoms with Crippen LogP contribution in [-0.2, 0) is 6.54 Å². The molecule has 0 radical (unpaired) electrons. The van der Waals surface area contributed by atoms with Crippen LogP contribution in [0, 0.1) is 13.8 Å². The second kappa shape index (κ2) is 5.28. The second-order valence-corrected chi connectivity index (χ2v) is 6.65. The Hall–Kier alpha value is -1.23. The maximum atomic E-state index is 6.02. The predicted octanol–water partition coefficient (Wildman–Crippen LogP) is 4.93. The molecule has 104 valence electrons. The number of rotatable bonds is 3. The molecular weight excluding hydrogens is 313 g/mol. The molecule has 2 heterocycles. The molecule has 0 saturated carbocycles. The molecule has 0 saturated heterocycles. The molecule has 3 rings (SSSR count). The molecular formula is C14H13Cl2N3S. The average molecular weight is 326 g/mol. The fraction of sp³-hybridized carbons (Fsp3) is 0.214. The van der Waals surface area contributed by atoms with E-state index in [0.717, 1.165) is 22.0 Å². The summed E-state index contributed by atoms with van der Waals surface area (Å²) in [6, 6.07) is 5.54. The number of anilines is 1. The minimum absolute atomic E-state index is 0.554. The Balaban J connectivity index is 1.85. The number of nitrogens with one attached hydrogen (secondary N) is 1. The van der Waals surface area contributed by atoms with Gasteiger partial charge in [0.05, 0.1) is 28.0 Å². The van der Waals surface area contributed by atoms with Crippen molar-refractivity contribution in [2.45, 2.75) is 20.4 Å². The summed E-state index contributed by atoms with van der Waals surface area (Å²) in [5, 5.41) is 4.48. The van der Waals surface area contributed by atoms with E-state index >= 15 is 0 Å². The summed E-state index contributed by atoms with van der Waals surface area (Å²) in [6.45, 7) is 4.81. The summed E-state index contributed by atoms with van der Waals surface area (Å²) in [4.78, 5) is 6.86. The highest BCUT2D eigenvalue weighted by Crippen LogP contribution is 2.26. The quantitative estimate of drug-likeness (QED) is 0.739. The summed E-state index contributed by atoms with van der Waals surface area (Å²) in [5.74, 6) is 0. The Labute approximate surface area is 131 Å². The van der Waals surface area contributed by atoms with E-state index in [-0.39, 0.29) is 0 Å². The zero-order valence-electron chi connectivity index (χ0n) is 11.1. The van der Waals surface area contributed by atoms with Crippen LogP contribution < -0.4 is 5.32 Å². The number of benzene rings is 1. The van der Waals surface area contributed by atoms with Crippen molar-refractivity contribution in [2.75, 3.05) is 5.32 Å². The van der Waals surface area contributed by atoms with Crippen molar-refractivity contribution >= 4 is 45.2 Å². The van der Waals surface area contributed by atoms with Crippen LogP contribution in [0.3, 0.4) is 0 Å². The first-order valence-corrected chi connectivity index (χ1v) is 7.75. The van der Waals surface area contributed by atoms with Crippen molar-refractivity contribution in [3.05, 3.63) is 50.7 Å². The van der Waals surface area contributed by atoms with Crippen molar-refractivity contribution < 1.29 is 0 Å². The van der Waals surface area contributed by atoms with Crippen LogP contribution in [0.2, 0.25) is 10.0 Å². The van der Waals surface area contributed by atoms with Crippen molar-refractivity contribution in [1.29, 1.82) is 0 Å². The molecule has 1 aromatic carbocycles. The first-order chi connectivity index (χ1) is 9.54. The van der Waals surface area contributed by atoms with Gasteiger partial charge in [0.2, 0.25) is 0 Å². The van der Waals surface area contributed by atoms with E-state index in [1.165, 1.54) is 4.88 Å². The van der Waals surface area contributed by atoms with Gasteiger partial charge in [0.25, 0.3) is 0 Å². The Bertz CT molecular complexity index is 776. The van der Waals surface area contributed by atoms with Gasteiger partial charge in [0.15, 0.2) is 4.96 Å². The van der Waals surface area contributed by atoms with Gasteiger partial charge >= 0.3 is 0 Å². The van der Waals surface area contributed by atoms with Crippen LogP contribution in [-0.4, -0.2) is 9.38 Å². The number of fused-ring (bicyclic) bond motifs is 1. The minimum atomic E-state index is 0.554. The lowest BCUT2D eigenvalue weighted by Crippen LogP contribution is -2.03. The van der Waals surface area contributed by atoms with Crippen LogP contribution in [0.1, 0.15) is 16.3 Å². The maximum Gasteiger partial charge on any atom is 0.194 e. The minimum Gasteiger partial charge on any atom is -0.379 e. The van der Waals surface area contributed by atoms with Crippen LogP contribution in [0.25, 0.3) is 4.96 Å². The van der Waals surface area contributed by atoms with E-state index in [1.54, 1.807) is 17.4 Å². The third-order valence-electron chi connectivity index (χ3n) is 3.12. The Morgan fingerprint density at radius 3 is 2.80 bits per heavy atom. The van der Waals surface area contributed by atoms with Crippen molar-refractivity contribution in [2.24, 2.45) is 0 Å². The van der Waals surface area contributed by atoms with Crippen molar-refractivity contribution in [3.63, 3.8) is 0 Å². The molecule has 0 aliphatic carbocycles. The smallest absolute Gasteiger partial charge is 0.194 e. The number of thiazole rings is 1. The first kappa shape index (κ1) is 13.7. The molecule has 3 nitrogen and oxygen atoms in total. The van der Waals surface area contributed by atoms with Gasteiger partial charge < -0.3 is 5.32 Å². The summed E-state index contributed by atoms with van der Waals surface area (Å²) in [5.41, 5.74) is 3.15. The van der Waals surface area contributed by atoms with E-state index in [9.17, 15) is 0 Å². The number of imidazole rings is 1. The molecule has 0 aliphatic rings. The van der Waals surface area contributed by atoms with Crippen LogP contribution in [0.15, 0.2) is 24.4 Å². The third-order valence-corrected chi connectivity index (χ3v) is 4.76. The highest BCUT2D eigenvalue weighted by atomic mass is 35.5. The topological polar surface area (TPSA) is 29.3 Å². The molecule has 3 aromatic rings. The highest BCUT2D eigenvalue weighted by molar-refractivity contribution is 7.17. The summed E-state index contributed by atoms with van der Waals surface area (Å²) < 4.78 is 2.14. The van der Waals surface area contributed by atoms with Gasteiger partial charge in [-0.3, -0.25) is 4.40 Å². The molecule has 0 aliphatic heterocycles. The number of halogens is 2. The fourth-order valence-electron chi connectivity index (χ4n) is 2.11. The zero-order valence-corrected chi connectivity index (χ0v) is 13.4. The van der Waals surface area contributed by atoms with Gasteiger partial charge in [0.1, 0.15) is 0 Å². The molecule has 20 heavy (non-hydrogen) atoms. The summed E-state index contributed by atoms with van der Waals surface area (Å²) >= 11 is 13.6. The molecule has 1 N–H and O–H groups in total. The fourth-order valence-corrected chi connectivity index (χ4v) is 3.30. The third kappa shape index (κ3) is 2.51. The van der Waals surface area contributed by atoms with Crippen LogP contribution in [0.5, 0.6) is 0 Å². The summed E-state index contributed by atoms with van der Waals surface area (Å²) in [6.07, 6.45) is 2.12. The van der Waals surface area contributed by atoms with Gasteiger partial charge in [-0.05, 0) is 32.0 Å². The Kier molecular flexibility index (Phi) is 3.63. The molecule has 0 amide bonds. The number of aryl methyl sites for hydroxylation is 2. The normalized spacial score (nSPS) is 11.2. The van der Waals surface area contributed by atoms with Gasteiger partial charge in [-0.15, -0.1) is 11.3 Å². The Morgan fingerprint density at radius 2 is 2.05 bits per heavy atom. The average Bonchev–Trinajstić information content (AvgIpc) is 2.87. The highest BCUT2D eigenvalue weighted by Gasteiger charge is 2.10. The Morgan fingerprint density at radius 1 is 1.25 bits per heavy atom. The predicted molar refractivity (Wildman–Crippen MR) is 86.3 cm³/mol. The van der Waals surface area contributed by atoms with E-state index in [1.807, 2.05) is 19.1 Å². The van der Waals surface area contributed by atoms with Crippen molar-refractivity contribution in [1.82, 2.24) is 9.38 Å². The largest absolute Gasteiger partial charge is 0.379 e. The lowest BCUT2D eigenvalue weighted by Gasteiger charge is -2.07. The standard InChI is InChI=1S/C14H13Cl2N3S/c1-8-7-19-13(9(2)18-14(19)20-8)6-17-10-3-4-11(15)12(16)5-10/h3-5,7,17H,6H2,1-2H3. The van der Waals surface area contributed by atoms with Crippen molar-refractivity contribution in [3.8, 4) is 0 Å². The number of hydrogen-bond donors (Lipinski definition) is 1. The van der Waals surface area contributed by atoms with Crippen LogP contribution in [0.4, 0.5) is 5.69 Å².